The SMILES string of the molecule is COc1ccc(NC(=O)c2cnc(NCCc3ccccc3F)nc2)c(OC)c1. The number of anilines is 2. The second-order valence-corrected chi connectivity index (χ2v) is 6.08. The van der Waals surface area contributed by atoms with Gasteiger partial charge < -0.3 is 20.1 Å². The van der Waals surface area contributed by atoms with E-state index in [-0.39, 0.29) is 11.7 Å². The first kappa shape index (κ1) is 20.1. The van der Waals surface area contributed by atoms with Crippen LogP contribution in [0.15, 0.2) is 54.9 Å². The van der Waals surface area contributed by atoms with Gasteiger partial charge in [-0.2, -0.15) is 0 Å². The van der Waals surface area contributed by atoms with Crippen molar-refractivity contribution in [1.29, 1.82) is 0 Å². The highest BCUT2D eigenvalue weighted by molar-refractivity contribution is 6.04. The lowest BCUT2D eigenvalue weighted by Crippen LogP contribution is -2.14. The van der Waals surface area contributed by atoms with Crippen molar-refractivity contribution in [3.05, 3.63) is 71.8 Å². The number of carbonyl (C=O) groups excluding carboxylic acids is 1. The van der Waals surface area contributed by atoms with Crippen molar-refractivity contribution in [3.8, 4) is 11.5 Å². The summed E-state index contributed by atoms with van der Waals surface area (Å²) >= 11 is 0. The number of benzene rings is 2. The fourth-order valence-corrected chi connectivity index (χ4v) is 2.64. The van der Waals surface area contributed by atoms with Crippen molar-refractivity contribution in [1.82, 2.24) is 9.97 Å². The Morgan fingerprint density at radius 3 is 2.52 bits per heavy atom. The molecule has 0 unspecified atom stereocenters. The summed E-state index contributed by atoms with van der Waals surface area (Å²) in [6.07, 6.45) is 3.34. The topological polar surface area (TPSA) is 85.4 Å². The summed E-state index contributed by atoms with van der Waals surface area (Å²) in [5, 5.41) is 5.77. The average Bonchev–Trinajstić information content (AvgIpc) is 2.75. The van der Waals surface area contributed by atoms with Crippen molar-refractivity contribution in [3.63, 3.8) is 0 Å². The number of hydrogen-bond acceptors (Lipinski definition) is 6. The Morgan fingerprint density at radius 1 is 1.07 bits per heavy atom. The molecule has 2 N–H and O–H groups in total. The highest BCUT2D eigenvalue weighted by Crippen LogP contribution is 2.29. The molecule has 0 aliphatic heterocycles. The van der Waals surface area contributed by atoms with Gasteiger partial charge in [0.15, 0.2) is 0 Å². The Labute approximate surface area is 167 Å². The number of ether oxygens (including phenoxy) is 2. The monoisotopic (exact) mass is 396 g/mol. The molecule has 3 rings (SSSR count). The van der Waals surface area contributed by atoms with Crippen LogP contribution in [0.5, 0.6) is 11.5 Å². The minimum atomic E-state index is -0.369. The van der Waals surface area contributed by atoms with Crippen molar-refractivity contribution in [2.24, 2.45) is 0 Å². The van der Waals surface area contributed by atoms with E-state index in [1.165, 1.54) is 25.6 Å². The Morgan fingerprint density at radius 2 is 1.83 bits per heavy atom. The third kappa shape index (κ3) is 5.19. The Balaban J connectivity index is 1.58. The van der Waals surface area contributed by atoms with Crippen LogP contribution in [0.3, 0.4) is 0 Å². The predicted molar refractivity (Wildman–Crippen MR) is 108 cm³/mol. The molecule has 0 bridgehead atoms. The smallest absolute Gasteiger partial charge is 0.258 e. The summed E-state index contributed by atoms with van der Waals surface area (Å²) in [7, 11) is 3.06. The summed E-state index contributed by atoms with van der Waals surface area (Å²) < 4.78 is 24.0. The average molecular weight is 396 g/mol. The molecular weight excluding hydrogens is 375 g/mol. The van der Waals surface area contributed by atoms with Gasteiger partial charge >= 0.3 is 0 Å². The van der Waals surface area contributed by atoms with Crippen LogP contribution in [-0.2, 0) is 6.42 Å². The maximum Gasteiger partial charge on any atom is 0.258 e. The first-order chi connectivity index (χ1) is 14.1. The predicted octanol–water partition coefficient (Wildman–Crippen LogP) is 3.54. The molecule has 0 aliphatic rings. The van der Waals surface area contributed by atoms with Crippen LogP contribution in [0, 0.1) is 5.82 Å². The molecule has 0 saturated carbocycles. The summed E-state index contributed by atoms with van der Waals surface area (Å²) in [4.78, 5) is 20.7. The van der Waals surface area contributed by atoms with Crippen LogP contribution in [-0.4, -0.2) is 36.6 Å². The van der Waals surface area contributed by atoms with Crippen molar-refractivity contribution < 1.29 is 18.7 Å². The zero-order chi connectivity index (χ0) is 20.6. The number of nitrogens with one attached hydrogen (secondary N) is 2. The lowest BCUT2D eigenvalue weighted by atomic mass is 10.1. The summed E-state index contributed by atoms with van der Waals surface area (Å²) in [6.45, 7) is 0.468. The normalized spacial score (nSPS) is 10.3. The Hall–Kier alpha value is -3.68. The van der Waals surface area contributed by atoms with E-state index in [0.717, 1.165) is 0 Å². The van der Waals surface area contributed by atoms with Crippen LogP contribution in [0.2, 0.25) is 0 Å². The van der Waals surface area contributed by atoms with Crippen LogP contribution < -0.4 is 20.1 Å². The van der Waals surface area contributed by atoms with E-state index in [4.69, 9.17) is 9.47 Å². The van der Waals surface area contributed by atoms with Crippen molar-refractivity contribution in [2.45, 2.75) is 6.42 Å². The number of nitrogens with zero attached hydrogens (tertiary/aromatic N) is 2. The summed E-state index contributed by atoms with van der Waals surface area (Å²) in [5.41, 5.74) is 1.41. The highest BCUT2D eigenvalue weighted by atomic mass is 19.1. The number of amides is 1. The highest BCUT2D eigenvalue weighted by Gasteiger charge is 2.12. The van der Waals surface area contributed by atoms with E-state index in [0.29, 0.717) is 47.2 Å². The quantitative estimate of drug-likeness (QED) is 0.606. The van der Waals surface area contributed by atoms with E-state index >= 15 is 0 Å². The van der Waals surface area contributed by atoms with Gasteiger partial charge in [0.2, 0.25) is 5.95 Å². The van der Waals surface area contributed by atoms with E-state index in [1.807, 2.05) is 0 Å². The standard InChI is InChI=1S/C21H21FN4O3/c1-28-16-7-8-18(19(11-16)29-2)26-20(27)15-12-24-21(25-13-15)23-10-9-14-5-3-4-6-17(14)22/h3-8,11-13H,9-10H2,1-2H3,(H,26,27)(H,23,24,25). The largest absolute Gasteiger partial charge is 0.497 e. The van der Waals surface area contributed by atoms with Crippen LogP contribution in [0.1, 0.15) is 15.9 Å². The van der Waals surface area contributed by atoms with Crippen LogP contribution >= 0.6 is 0 Å². The van der Waals surface area contributed by atoms with Gasteiger partial charge in [-0.05, 0) is 30.2 Å². The van der Waals surface area contributed by atoms with Gasteiger partial charge in [0.1, 0.15) is 17.3 Å². The number of rotatable bonds is 8. The van der Waals surface area contributed by atoms with Gasteiger partial charge in [0.25, 0.3) is 5.91 Å². The molecule has 0 fully saturated rings. The van der Waals surface area contributed by atoms with Gasteiger partial charge in [-0.15, -0.1) is 0 Å². The van der Waals surface area contributed by atoms with Crippen molar-refractivity contribution >= 4 is 17.5 Å². The zero-order valence-electron chi connectivity index (χ0n) is 16.1. The number of aromatic nitrogens is 2. The minimum Gasteiger partial charge on any atom is -0.497 e. The second-order valence-electron chi connectivity index (χ2n) is 6.08. The zero-order valence-corrected chi connectivity index (χ0v) is 16.1. The molecule has 8 heteroatoms. The third-order valence-electron chi connectivity index (χ3n) is 4.21. The maximum atomic E-state index is 13.6. The van der Waals surface area contributed by atoms with Crippen LogP contribution in [0.4, 0.5) is 16.0 Å². The summed E-state index contributed by atoms with van der Waals surface area (Å²) in [5.74, 6) is 0.849. The third-order valence-corrected chi connectivity index (χ3v) is 4.21. The summed E-state index contributed by atoms with van der Waals surface area (Å²) in [6, 6.07) is 11.7. The molecule has 0 atom stereocenters. The first-order valence-corrected chi connectivity index (χ1v) is 8.93. The maximum absolute atomic E-state index is 13.6. The minimum absolute atomic E-state index is 0.240. The van der Waals surface area contributed by atoms with Gasteiger partial charge in [0, 0.05) is 25.0 Å². The molecule has 29 heavy (non-hydrogen) atoms. The molecule has 7 nitrogen and oxygen atoms in total. The lowest BCUT2D eigenvalue weighted by Gasteiger charge is -2.11. The first-order valence-electron chi connectivity index (χ1n) is 8.93. The number of carbonyl (C=O) groups is 1. The molecule has 1 aromatic heterocycles. The van der Waals surface area contributed by atoms with E-state index in [9.17, 15) is 9.18 Å². The van der Waals surface area contributed by atoms with Gasteiger partial charge in [-0.3, -0.25) is 4.79 Å². The molecule has 2 aromatic carbocycles. The van der Waals surface area contributed by atoms with E-state index in [1.54, 1.807) is 43.5 Å². The van der Waals surface area contributed by atoms with Crippen molar-refractivity contribution in [2.75, 3.05) is 31.4 Å². The fraction of sp³-hybridized carbons (Fsp3) is 0.190. The molecule has 3 aromatic rings. The molecule has 1 amide bonds. The lowest BCUT2D eigenvalue weighted by molar-refractivity contribution is 0.102. The molecule has 1 heterocycles. The molecule has 0 aliphatic carbocycles. The Bertz CT molecular complexity index is 980. The van der Waals surface area contributed by atoms with Crippen LogP contribution in [0.25, 0.3) is 0 Å². The molecule has 0 radical (unpaired) electrons. The van der Waals surface area contributed by atoms with Gasteiger partial charge in [0.05, 0.1) is 25.5 Å². The second kappa shape index (κ2) is 9.50. The number of halogens is 1. The molecule has 150 valence electrons. The van der Waals surface area contributed by atoms with E-state index in [2.05, 4.69) is 20.6 Å². The van der Waals surface area contributed by atoms with Gasteiger partial charge in [-0.1, -0.05) is 18.2 Å². The fourth-order valence-electron chi connectivity index (χ4n) is 2.64. The molecule has 0 saturated heterocycles. The number of hydrogen-bond donors (Lipinski definition) is 2. The number of methoxy groups -OCH3 is 2. The molecule has 0 spiro atoms. The van der Waals surface area contributed by atoms with E-state index < -0.39 is 0 Å². The van der Waals surface area contributed by atoms with Gasteiger partial charge in [-0.25, -0.2) is 14.4 Å². The molecular formula is C21H21FN4O3. The Kier molecular flexibility index (Phi) is 6.57.